The van der Waals surface area contributed by atoms with Crippen LogP contribution in [-0.4, -0.2) is 27.3 Å². The molecule has 19 heavy (non-hydrogen) atoms. The number of nitrogens with one attached hydrogen (secondary N) is 1. The third kappa shape index (κ3) is 2.77. The third-order valence-corrected chi connectivity index (χ3v) is 5.45. The fraction of sp³-hybridized carbons (Fsp3) is 0.571. The van der Waals surface area contributed by atoms with Crippen LogP contribution in [-0.2, 0) is 16.4 Å². The van der Waals surface area contributed by atoms with Gasteiger partial charge in [-0.25, -0.2) is 8.42 Å². The van der Waals surface area contributed by atoms with Gasteiger partial charge in [0.1, 0.15) is 0 Å². The van der Waals surface area contributed by atoms with Crippen molar-refractivity contribution in [2.45, 2.75) is 33.2 Å². The van der Waals surface area contributed by atoms with Crippen LogP contribution in [0.5, 0.6) is 0 Å². The molecule has 0 spiro atoms. The molecule has 5 heteroatoms. The number of benzene rings is 1. The van der Waals surface area contributed by atoms with Gasteiger partial charge in [0, 0.05) is 12.6 Å². The first-order chi connectivity index (χ1) is 8.99. The van der Waals surface area contributed by atoms with Crippen molar-refractivity contribution in [3.8, 4) is 0 Å². The molecule has 1 heterocycles. The Morgan fingerprint density at radius 2 is 2.11 bits per heavy atom. The monoisotopic (exact) mass is 282 g/mol. The summed E-state index contributed by atoms with van der Waals surface area (Å²) in [4.78, 5) is 0. The van der Waals surface area contributed by atoms with Crippen LogP contribution in [0.2, 0.25) is 0 Å². The predicted molar refractivity (Wildman–Crippen MR) is 79.0 cm³/mol. The zero-order valence-corrected chi connectivity index (χ0v) is 12.6. The maximum atomic E-state index is 12.0. The highest BCUT2D eigenvalue weighted by Crippen LogP contribution is 2.32. The second-order valence-electron chi connectivity index (χ2n) is 4.89. The molecule has 1 N–H and O–H groups in total. The standard InChI is InChI=1S/C14H22N2O2S/c1-4-15-11(3)12-6-7-14-13(10-12)8-9-16(14)19(17,18)5-2/h6-7,10-11,15H,4-5,8-9H2,1-3H3. The molecule has 0 radical (unpaired) electrons. The highest BCUT2D eigenvalue weighted by Gasteiger charge is 2.28. The van der Waals surface area contributed by atoms with Crippen molar-refractivity contribution in [1.29, 1.82) is 0 Å². The zero-order valence-electron chi connectivity index (χ0n) is 11.8. The molecule has 106 valence electrons. The van der Waals surface area contributed by atoms with Gasteiger partial charge >= 0.3 is 0 Å². The van der Waals surface area contributed by atoms with Crippen molar-refractivity contribution >= 4 is 15.7 Å². The maximum absolute atomic E-state index is 12.0. The van der Waals surface area contributed by atoms with Crippen LogP contribution >= 0.6 is 0 Å². The summed E-state index contributed by atoms with van der Waals surface area (Å²) in [6, 6.07) is 6.40. The first kappa shape index (κ1) is 14.3. The van der Waals surface area contributed by atoms with Crippen LogP contribution < -0.4 is 9.62 Å². The number of anilines is 1. The van der Waals surface area contributed by atoms with Gasteiger partial charge in [-0.05, 0) is 44.0 Å². The minimum absolute atomic E-state index is 0.155. The quantitative estimate of drug-likeness (QED) is 0.899. The molecule has 0 saturated carbocycles. The number of rotatable bonds is 5. The second kappa shape index (κ2) is 5.51. The highest BCUT2D eigenvalue weighted by atomic mass is 32.2. The molecule has 0 fully saturated rings. The summed E-state index contributed by atoms with van der Waals surface area (Å²) in [6.45, 7) is 7.40. The SMILES string of the molecule is CCNC(C)c1ccc2c(c1)CCN2S(=O)(=O)CC. The molecule has 2 rings (SSSR count). The Morgan fingerprint density at radius 1 is 1.37 bits per heavy atom. The number of fused-ring (bicyclic) bond motifs is 1. The summed E-state index contributed by atoms with van der Waals surface area (Å²) in [7, 11) is -3.14. The minimum Gasteiger partial charge on any atom is -0.310 e. The van der Waals surface area contributed by atoms with E-state index in [0.717, 1.165) is 24.2 Å². The fourth-order valence-corrected chi connectivity index (χ4v) is 3.69. The van der Waals surface area contributed by atoms with Gasteiger partial charge in [0.25, 0.3) is 0 Å². The molecule has 1 aliphatic heterocycles. The normalized spacial score (nSPS) is 16.5. The van der Waals surface area contributed by atoms with E-state index in [1.54, 1.807) is 11.2 Å². The Hall–Kier alpha value is -1.07. The first-order valence-electron chi connectivity index (χ1n) is 6.86. The van der Waals surface area contributed by atoms with E-state index in [0.29, 0.717) is 12.6 Å². The van der Waals surface area contributed by atoms with Crippen LogP contribution in [0.3, 0.4) is 0 Å². The molecule has 0 aliphatic carbocycles. The van der Waals surface area contributed by atoms with E-state index in [2.05, 4.69) is 25.2 Å². The fourth-order valence-electron chi connectivity index (χ4n) is 2.53. The molecule has 1 aromatic carbocycles. The Kier molecular flexibility index (Phi) is 4.16. The summed E-state index contributed by atoms with van der Waals surface area (Å²) < 4.78 is 25.5. The summed E-state index contributed by atoms with van der Waals surface area (Å²) in [6.07, 6.45) is 0.807. The van der Waals surface area contributed by atoms with Crippen LogP contribution in [0.1, 0.15) is 37.9 Å². The zero-order chi connectivity index (χ0) is 14.0. The molecule has 1 unspecified atom stereocenters. The van der Waals surface area contributed by atoms with Gasteiger partial charge < -0.3 is 5.32 Å². The second-order valence-corrected chi connectivity index (χ2v) is 7.07. The van der Waals surface area contributed by atoms with E-state index >= 15 is 0 Å². The van der Waals surface area contributed by atoms with Crippen molar-refractivity contribution < 1.29 is 8.42 Å². The molecule has 0 saturated heterocycles. The first-order valence-corrected chi connectivity index (χ1v) is 8.47. The molecular formula is C14H22N2O2S. The van der Waals surface area contributed by atoms with Gasteiger partial charge in [-0.15, -0.1) is 0 Å². The Balaban J connectivity index is 2.30. The van der Waals surface area contributed by atoms with E-state index in [9.17, 15) is 8.42 Å². The van der Waals surface area contributed by atoms with Crippen molar-refractivity contribution in [3.05, 3.63) is 29.3 Å². The van der Waals surface area contributed by atoms with Crippen LogP contribution in [0, 0.1) is 0 Å². The number of hydrogen-bond donors (Lipinski definition) is 1. The molecule has 0 bridgehead atoms. The van der Waals surface area contributed by atoms with Crippen molar-refractivity contribution in [2.24, 2.45) is 0 Å². The van der Waals surface area contributed by atoms with Crippen molar-refractivity contribution in [3.63, 3.8) is 0 Å². The van der Waals surface area contributed by atoms with E-state index in [-0.39, 0.29) is 5.75 Å². The molecule has 0 amide bonds. The lowest BCUT2D eigenvalue weighted by molar-refractivity contribution is 0.593. The van der Waals surface area contributed by atoms with Gasteiger partial charge in [-0.1, -0.05) is 19.1 Å². The molecular weight excluding hydrogens is 260 g/mol. The largest absolute Gasteiger partial charge is 0.310 e. The van der Waals surface area contributed by atoms with Gasteiger partial charge in [0.05, 0.1) is 11.4 Å². The average Bonchev–Trinajstić information content (AvgIpc) is 2.82. The van der Waals surface area contributed by atoms with Crippen LogP contribution in [0.4, 0.5) is 5.69 Å². The smallest absolute Gasteiger partial charge is 0.234 e. The Labute approximate surface area is 115 Å². The van der Waals surface area contributed by atoms with Gasteiger partial charge in [-0.2, -0.15) is 0 Å². The highest BCUT2D eigenvalue weighted by molar-refractivity contribution is 7.92. The molecule has 4 nitrogen and oxygen atoms in total. The third-order valence-electron chi connectivity index (χ3n) is 3.67. The summed E-state index contributed by atoms with van der Waals surface area (Å²) in [5, 5.41) is 3.37. The summed E-state index contributed by atoms with van der Waals surface area (Å²) in [5.41, 5.74) is 3.21. The number of nitrogens with zero attached hydrogens (tertiary/aromatic N) is 1. The number of sulfonamides is 1. The number of hydrogen-bond acceptors (Lipinski definition) is 3. The topological polar surface area (TPSA) is 49.4 Å². The lowest BCUT2D eigenvalue weighted by atomic mass is 10.0. The molecule has 1 aliphatic rings. The molecule has 1 atom stereocenters. The van der Waals surface area contributed by atoms with E-state index < -0.39 is 10.0 Å². The van der Waals surface area contributed by atoms with Gasteiger partial charge in [0.2, 0.25) is 10.0 Å². The van der Waals surface area contributed by atoms with Crippen LogP contribution in [0.25, 0.3) is 0 Å². The minimum atomic E-state index is -3.14. The van der Waals surface area contributed by atoms with Gasteiger partial charge in [-0.3, -0.25) is 4.31 Å². The Morgan fingerprint density at radius 3 is 2.74 bits per heavy atom. The lowest BCUT2D eigenvalue weighted by Gasteiger charge is -2.19. The maximum Gasteiger partial charge on any atom is 0.234 e. The van der Waals surface area contributed by atoms with E-state index in [4.69, 9.17) is 0 Å². The average molecular weight is 282 g/mol. The lowest BCUT2D eigenvalue weighted by Crippen LogP contribution is -2.30. The molecule has 0 aromatic heterocycles. The molecule has 1 aromatic rings. The van der Waals surface area contributed by atoms with Gasteiger partial charge in [0.15, 0.2) is 0 Å². The van der Waals surface area contributed by atoms with Crippen molar-refractivity contribution in [1.82, 2.24) is 5.32 Å². The summed E-state index contributed by atoms with van der Waals surface area (Å²) in [5.74, 6) is 0.155. The van der Waals surface area contributed by atoms with Crippen molar-refractivity contribution in [2.75, 3.05) is 23.1 Å². The van der Waals surface area contributed by atoms with Crippen LogP contribution in [0.15, 0.2) is 18.2 Å². The van der Waals surface area contributed by atoms with E-state index in [1.807, 2.05) is 12.1 Å². The summed E-state index contributed by atoms with van der Waals surface area (Å²) >= 11 is 0. The Bertz CT molecular complexity index is 555. The van der Waals surface area contributed by atoms with E-state index in [1.165, 1.54) is 5.56 Å². The predicted octanol–water partition coefficient (Wildman–Crippen LogP) is 2.07.